The number of nitrogens with one attached hydrogen (secondary N) is 2. The van der Waals surface area contributed by atoms with E-state index in [1.54, 1.807) is 24.3 Å². The summed E-state index contributed by atoms with van der Waals surface area (Å²) in [6.07, 6.45) is 4.43. The summed E-state index contributed by atoms with van der Waals surface area (Å²) in [5, 5.41) is 15.0. The second kappa shape index (κ2) is 11.4. The average Bonchev–Trinajstić information content (AvgIpc) is 2.80. The van der Waals surface area contributed by atoms with Crippen LogP contribution in [0.1, 0.15) is 19.8 Å². The third-order valence-corrected chi connectivity index (χ3v) is 6.05. The minimum Gasteiger partial charge on any atom is -0.492 e. The van der Waals surface area contributed by atoms with Gasteiger partial charge in [0, 0.05) is 10.6 Å². The maximum atomic E-state index is 12.6. The lowest BCUT2D eigenvalue weighted by atomic mass is 9.82. The number of allylic oxidation sites excluding steroid dienone is 2. The zero-order valence-corrected chi connectivity index (χ0v) is 18.6. The maximum Gasteiger partial charge on any atom is 0.307 e. The van der Waals surface area contributed by atoms with Crippen molar-refractivity contribution in [1.82, 2.24) is 0 Å². The summed E-state index contributed by atoms with van der Waals surface area (Å²) in [4.78, 5) is 37.1. The van der Waals surface area contributed by atoms with E-state index in [9.17, 15) is 19.5 Å². The summed E-state index contributed by atoms with van der Waals surface area (Å²) in [7, 11) is 0. The molecule has 0 unspecified atom stereocenters. The fourth-order valence-corrected chi connectivity index (χ4v) is 4.13. The van der Waals surface area contributed by atoms with Crippen LogP contribution in [-0.2, 0) is 14.4 Å². The molecule has 1 aliphatic rings. The monoisotopic (exact) mass is 454 g/mol. The number of carboxylic acids is 1. The molecular formula is C24H26N2O5S. The number of para-hydroxylation sites is 2. The third kappa shape index (κ3) is 6.37. The number of amides is 2. The molecule has 8 heteroatoms. The molecule has 32 heavy (non-hydrogen) atoms. The number of hydrogen-bond donors (Lipinski definition) is 3. The highest BCUT2D eigenvalue weighted by Crippen LogP contribution is 2.28. The molecule has 2 atom stereocenters. The summed E-state index contributed by atoms with van der Waals surface area (Å²) in [6, 6.07) is 14.4. The number of ether oxygens (including phenoxy) is 1. The lowest BCUT2D eigenvalue weighted by molar-refractivity contribution is -0.146. The zero-order chi connectivity index (χ0) is 22.9. The van der Waals surface area contributed by atoms with Crippen LogP contribution in [-0.4, -0.2) is 35.2 Å². The summed E-state index contributed by atoms with van der Waals surface area (Å²) in [5.74, 6) is -1.84. The Morgan fingerprint density at radius 2 is 1.69 bits per heavy atom. The molecule has 0 saturated heterocycles. The molecule has 0 radical (unpaired) electrons. The Balaban J connectivity index is 1.51. The summed E-state index contributed by atoms with van der Waals surface area (Å²) in [5.41, 5.74) is 1.23. The topological polar surface area (TPSA) is 105 Å². The summed E-state index contributed by atoms with van der Waals surface area (Å²) in [6.45, 7) is 2.40. The van der Waals surface area contributed by atoms with Gasteiger partial charge in [0.1, 0.15) is 5.75 Å². The van der Waals surface area contributed by atoms with Gasteiger partial charge in [0.15, 0.2) is 0 Å². The number of aliphatic carboxylic acids is 1. The molecule has 7 nitrogen and oxygen atoms in total. The SMILES string of the molecule is CCOc1ccccc1NC(=O)CSc1ccc(NC(=O)[C@H]2CC=CC[C@H]2C(=O)O)cc1. The summed E-state index contributed by atoms with van der Waals surface area (Å²) < 4.78 is 5.52. The number of anilines is 2. The fourth-order valence-electron chi connectivity index (χ4n) is 3.43. The van der Waals surface area contributed by atoms with Crippen molar-refractivity contribution >= 4 is 40.9 Å². The molecule has 0 aliphatic heterocycles. The Morgan fingerprint density at radius 3 is 2.38 bits per heavy atom. The number of benzene rings is 2. The number of carbonyl (C=O) groups is 3. The van der Waals surface area contributed by atoms with Crippen molar-refractivity contribution in [3.8, 4) is 5.75 Å². The van der Waals surface area contributed by atoms with Crippen LogP contribution in [0.4, 0.5) is 11.4 Å². The van der Waals surface area contributed by atoms with Crippen molar-refractivity contribution in [2.45, 2.75) is 24.7 Å². The highest BCUT2D eigenvalue weighted by molar-refractivity contribution is 8.00. The van der Waals surface area contributed by atoms with Gasteiger partial charge in [0.2, 0.25) is 11.8 Å². The smallest absolute Gasteiger partial charge is 0.307 e. The van der Waals surface area contributed by atoms with Crippen molar-refractivity contribution < 1.29 is 24.2 Å². The van der Waals surface area contributed by atoms with Gasteiger partial charge in [-0.3, -0.25) is 14.4 Å². The molecule has 0 fully saturated rings. The molecule has 168 valence electrons. The van der Waals surface area contributed by atoms with E-state index in [2.05, 4.69) is 10.6 Å². The van der Waals surface area contributed by atoms with Crippen molar-refractivity contribution in [3.05, 3.63) is 60.7 Å². The molecule has 0 aromatic heterocycles. The maximum absolute atomic E-state index is 12.6. The number of hydrogen-bond acceptors (Lipinski definition) is 5. The van der Waals surface area contributed by atoms with Crippen molar-refractivity contribution in [1.29, 1.82) is 0 Å². The first-order chi connectivity index (χ1) is 15.5. The Kier molecular flexibility index (Phi) is 8.33. The average molecular weight is 455 g/mol. The van der Waals surface area contributed by atoms with E-state index in [1.165, 1.54) is 11.8 Å². The molecular weight excluding hydrogens is 428 g/mol. The van der Waals surface area contributed by atoms with Crippen LogP contribution in [0.15, 0.2) is 65.6 Å². The van der Waals surface area contributed by atoms with E-state index in [0.717, 1.165) is 4.90 Å². The van der Waals surface area contributed by atoms with Crippen molar-refractivity contribution in [3.63, 3.8) is 0 Å². The van der Waals surface area contributed by atoms with Gasteiger partial charge in [-0.2, -0.15) is 0 Å². The standard InChI is InChI=1S/C24H26N2O5S/c1-2-31-21-10-6-5-9-20(21)26-22(27)15-32-17-13-11-16(12-14-17)25-23(28)18-7-3-4-8-19(18)24(29)30/h3-6,9-14,18-19H,2,7-8,15H2,1H3,(H,25,28)(H,26,27)(H,29,30)/t18-,19+/m0/s1. The highest BCUT2D eigenvalue weighted by Gasteiger charge is 2.33. The van der Waals surface area contributed by atoms with Crippen molar-refractivity contribution in [2.24, 2.45) is 11.8 Å². The van der Waals surface area contributed by atoms with Gasteiger partial charge in [0.25, 0.3) is 0 Å². The molecule has 3 rings (SSSR count). The van der Waals surface area contributed by atoms with Gasteiger partial charge >= 0.3 is 5.97 Å². The quantitative estimate of drug-likeness (QED) is 0.383. The van der Waals surface area contributed by atoms with E-state index in [1.807, 2.05) is 43.3 Å². The zero-order valence-electron chi connectivity index (χ0n) is 17.7. The second-order valence-electron chi connectivity index (χ2n) is 7.27. The molecule has 1 aliphatic carbocycles. The van der Waals surface area contributed by atoms with Crippen LogP contribution >= 0.6 is 11.8 Å². The van der Waals surface area contributed by atoms with Gasteiger partial charge in [-0.25, -0.2) is 0 Å². The first-order valence-electron chi connectivity index (χ1n) is 10.4. The first-order valence-corrected chi connectivity index (χ1v) is 11.4. The number of carboxylic acid groups (broad SMARTS) is 1. The molecule has 2 aromatic carbocycles. The Labute approximate surface area is 191 Å². The number of rotatable bonds is 9. The largest absolute Gasteiger partial charge is 0.492 e. The Morgan fingerprint density at radius 1 is 1.00 bits per heavy atom. The van der Waals surface area contributed by atoms with E-state index < -0.39 is 17.8 Å². The normalized spacial score (nSPS) is 17.4. The second-order valence-corrected chi connectivity index (χ2v) is 8.32. The molecule has 0 heterocycles. The van der Waals surface area contributed by atoms with E-state index in [-0.39, 0.29) is 17.6 Å². The Hall–Kier alpha value is -3.26. The van der Waals surface area contributed by atoms with Crippen LogP contribution < -0.4 is 15.4 Å². The van der Waals surface area contributed by atoms with Gasteiger partial charge in [-0.1, -0.05) is 24.3 Å². The van der Waals surface area contributed by atoms with Gasteiger partial charge in [-0.15, -0.1) is 11.8 Å². The fraction of sp³-hybridized carbons (Fsp3) is 0.292. The lowest BCUT2D eigenvalue weighted by Gasteiger charge is -2.24. The van der Waals surface area contributed by atoms with Gasteiger partial charge in [0.05, 0.1) is 29.9 Å². The van der Waals surface area contributed by atoms with E-state index in [0.29, 0.717) is 36.6 Å². The van der Waals surface area contributed by atoms with Crippen LogP contribution in [0.3, 0.4) is 0 Å². The van der Waals surface area contributed by atoms with Crippen LogP contribution in [0.2, 0.25) is 0 Å². The minimum atomic E-state index is -0.955. The van der Waals surface area contributed by atoms with E-state index in [4.69, 9.17) is 4.74 Å². The molecule has 2 amide bonds. The molecule has 0 spiro atoms. The first kappa shape index (κ1) is 23.4. The van der Waals surface area contributed by atoms with Crippen molar-refractivity contribution in [2.75, 3.05) is 23.0 Å². The molecule has 3 N–H and O–H groups in total. The molecule has 0 saturated carbocycles. The van der Waals surface area contributed by atoms with E-state index >= 15 is 0 Å². The predicted molar refractivity (Wildman–Crippen MR) is 125 cm³/mol. The minimum absolute atomic E-state index is 0.149. The van der Waals surface area contributed by atoms with Crippen LogP contribution in [0.5, 0.6) is 5.75 Å². The van der Waals surface area contributed by atoms with Crippen LogP contribution in [0.25, 0.3) is 0 Å². The number of thioether (sulfide) groups is 1. The number of carbonyl (C=O) groups excluding carboxylic acids is 2. The molecule has 0 bridgehead atoms. The highest BCUT2D eigenvalue weighted by atomic mass is 32.2. The Bertz CT molecular complexity index is 990. The van der Waals surface area contributed by atoms with Gasteiger partial charge < -0.3 is 20.5 Å². The predicted octanol–water partition coefficient (Wildman–Crippen LogP) is 4.42. The van der Waals surface area contributed by atoms with Gasteiger partial charge in [-0.05, 0) is 56.2 Å². The van der Waals surface area contributed by atoms with Crippen LogP contribution in [0, 0.1) is 11.8 Å². The lowest BCUT2D eigenvalue weighted by Crippen LogP contribution is -2.34. The molecule has 2 aromatic rings. The third-order valence-electron chi connectivity index (χ3n) is 5.04. The summed E-state index contributed by atoms with van der Waals surface area (Å²) >= 11 is 1.37.